The lowest BCUT2D eigenvalue weighted by Crippen LogP contribution is -2.35. The Morgan fingerprint density at radius 1 is 1.10 bits per heavy atom. The number of hydrogen-bond donors (Lipinski definition) is 1. The number of hydrogen-bond acceptors (Lipinski definition) is 2. The topological polar surface area (TPSA) is 23.2 Å². The zero-order valence-electron chi connectivity index (χ0n) is 6.29. The van der Waals surface area contributed by atoms with Crippen LogP contribution in [0.25, 0.3) is 0 Å². The van der Waals surface area contributed by atoms with Crippen LogP contribution in [0, 0.1) is 0 Å². The van der Waals surface area contributed by atoms with E-state index in [1.807, 2.05) is 0 Å². The second-order valence-corrected chi connectivity index (χ2v) is 3.46. The highest BCUT2D eigenvalue weighted by Crippen LogP contribution is 2.26. The van der Waals surface area contributed by atoms with Crippen LogP contribution in [0.4, 0.5) is 0 Å². The molecule has 0 aromatic carbocycles. The van der Waals surface area contributed by atoms with Gasteiger partial charge in [-0.2, -0.15) is 0 Å². The second-order valence-electron chi connectivity index (χ2n) is 3.46. The largest absolute Gasteiger partial charge is 0.391 e. The van der Waals surface area contributed by atoms with Crippen molar-refractivity contribution >= 4 is 0 Å². The first-order valence-electron chi connectivity index (χ1n) is 4.30. The summed E-state index contributed by atoms with van der Waals surface area (Å²) in [6, 6.07) is 0.522. The highest BCUT2D eigenvalue weighted by atomic mass is 16.3. The van der Waals surface area contributed by atoms with Crippen LogP contribution in [0.15, 0.2) is 0 Å². The monoisotopic (exact) mass is 141 g/mol. The van der Waals surface area contributed by atoms with Gasteiger partial charge in [0.1, 0.15) is 0 Å². The van der Waals surface area contributed by atoms with Crippen LogP contribution >= 0.6 is 0 Å². The molecule has 2 nitrogen and oxygen atoms in total. The summed E-state index contributed by atoms with van der Waals surface area (Å²) in [6.45, 7) is 2.45. The molecule has 1 aliphatic heterocycles. The maximum Gasteiger partial charge on any atom is 0.0695 e. The Balaban J connectivity index is 1.90. The second kappa shape index (κ2) is 2.51. The average Bonchev–Trinajstić information content (AvgIpc) is 2.71. The van der Waals surface area contributed by atoms with Gasteiger partial charge in [0.05, 0.1) is 6.10 Å². The molecular weight excluding hydrogens is 126 g/mol. The van der Waals surface area contributed by atoms with Crippen LogP contribution in [-0.4, -0.2) is 35.2 Å². The smallest absolute Gasteiger partial charge is 0.0695 e. The van der Waals surface area contributed by atoms with E-state index in [4.69, 9.17) is 0 Å². The van der Waals surface area contributed by atoms with Crippen molar-refractivity contribution in [2.75, 3.05) is 13.1 Å². The lowest BCUT2D eigenvalue weighted by molar-refractivity contribution is 0.0651. The van der Waals surface area contributed by atoms with Crippen LogP contribution in [0.5, 0.6) is 0 Å². The molecule has 1 aliphatic carbocycles. The van der Waals surface area contributed by atoms with E-state index in [-0.39, 0.29) is 6.10 Å². The minimum atomic E-state index is -0.0174. The molecular formula is C8H15NO. The fraction of sp³-hybridized carbons (Fsp3) is 1.00. The Morgan fingerprint density at radius 2 is 1.80 bits per heavy atom. The highest BCUT2D eigenvalue weighted by Gasteiger charge is 2.33. The normalized spacial score (nSPS) is 41.7. The Bertz CT molecular complexity index is 122. The van der Waals surface area contributed by atoms with Crippen molar-refractivity contribution in [3.8, 4) is 0 Å². The summed E-state index contributed by atoms with van der Waals surface area (Å²) in [6.07, 6.45) is 4.78. The molecule has 2 fully saturated rings. The van der Waals surface area contributed by atoms with Crippen molar-refractivity contribution in [2.24, 2.45) is 0 Å². The van der Waals surface area contributed by atoms with Gasteiger partial charge in [0.15, 0.2) is 0 Å². The lowest BCUT2D eigenvalue weighted by Gasteiger charge is -2.28. The van der Waals surface area contributed by atoms with Gasteiger partial charge in [0.2, 0.25) is 0 Å². The van der Waals surface area contributed by atoms with Crippen LogP contribution in [0.3, 0.4) is 0 Å². The summed E-state index contributed by atoms with van der Waals surface area (Å²) in [4.78, 5) is 2.38. The first kappa shape index (κ1) is 6.62. The zero-order chi connectivity index (χ0) is 6.97. The van der Waals surface area contributed by atoms with Crippen LogP contribution in [-0.2, 0) is 0 Å². The van der Waals surface area contributed by atoms with E-state index in [9.17, 15) is 5.11 Å². The molecule has 10 heavy (non-hydrogen) atoms. The Labute approximate surface area is 61.8 Å². The molecule has 0 bridgehead atoms. The summed E-state index contributed by atoms with van der Waals surface area (Å²) >= 11 is 0. The summed E-state index contributed by atoms with van der Waals surface area (Å²) in [5, 5.41) is 9.54. The van der Waals surface area contributed by atoms with Crippen molar-refractivity contribution in [3.63, 3.8) is 0 Å². The van der Waals surface area contributed by atoms with Gasteiger partial charge in [0.25, 0.3) is 0 Å². The standard InChI is InChI=1S/C8H15NO/c10-8-4-2-1-3-7(8)9-5-6-9/h7-8,10H,1-6H2/t7-,8-/m1/s1. The van der Waals surface area contributed by atoms with E-state index < -0.39 is 0 Å². The first-order chi connectivity index (χ1) is 4.88. The molecule has 0 spiro atoms. The maximum atomic E-state index is 9.54. The van der Waals surface area contributed by atoms with Crippen molar-refractivity contribution in [3.05, 3.63) is 0 Å². The fourth-order valence-electron chi connectivity index (χ4n) is 1.91. The highest BCUT2D eigenvalue weighted by molar-refractivity contribution is 4.89. The molecule has 2 atom stereocenters. The summed E-state index contributed by atoms with van der Waals surface area (Å²) in [7, 11) is 0. The Kier molecular flexibility index (Phi) is 1.66. The number of rotatable bonds is 1. The van der Waals surface area contributed by atoms with Crippen LogP contribution in [0.2, 0.25) is 0 Å². The molecule has 1 saturated carbocycles. The quantitative estimate of drug-likeness (QED) is 0.541. The molecule has 2 rings (SSSR count). The summed E-state index contributed by atoms with van der Waals surface area (Å²) in [5.74, 6) is 0. The first-order valence-corrected chi connectivity index (χ1v) is 4.30. The van der Waals surface area contributed by atoms with Crippen molar-refractivity contribution in [1.82, 2.24) is 4.90 Å². The SMILES string of the molecule is O[C@@H]1CCCC[C@H]1N1CC1. The average molecular weight is 141 g/mol. The minimum Gasteiger partial charge on any atom is -0.391 e. The van der Waals surface area contributed by atoms with Crippen LogP contribution < -0.4 is 0 Å². The van der Waals surface area contributed by atoms with E-state index in [1.54, 1.807) is 0 Å². The molecule has 2 aliphatic rings. The van der Waals surface area contributed by atoms with Gasteiger partial charge in [-0.25, -0.2) is 0 Å². The summed E-state index contributed by atoms with van der Waals surface area (Å²) in [5.41, 5.74) is 0. The van der Waals surface area contributed by atoms with Gasteiger partial charge in [-0.1, -0.05) is 12.8 Å². The van der Waals surface area contributed by atoms with Gasteiger partial charge in [0, 0.05) is 19.1 Å². The Hall–Kier alpha value is -0.0800. The molecule has 0 amide bonds. The summed E-state index contributed by atoms with van der Waals surface area (Å²) < 4.78 is 0. The Morgan fingerprint density at radius 3 is 2.40 bits per heavy atom. The van der Waals surface area contributed by atoms with E-state index >= 15 is 0 Å². The predicted molar refractivity (Wildman–Crippen MR) is 39.8 cm³/mol. The molecule has 0 aromatic rings. The third-order valence-electron chi connectivity index (χ3n) is 2.64. The van der Waals surface area contributed by atoms with Crippen LogP contribution in [0.1, 0.15) is 25.7 Å². The van der Waals surface area contributed by atoms with Crippen molar-refractivity contribution < 1.29 is 5.11 Å². The van der Waals surface area contributed by atoms with E-state index in [0.29, 0.717) is 6.04 Å². The molecule has 2 heteroatoms. The molecule has 1 heterocycles. The molecule has 0 radical (unpaired) electrons. The van der Waals surface area contributed by atoms with E-state index in [1.165, 1.54) is 32.4 Å². The van der Waals surface area contributed by atoms with Gasteiger partial charge in [-0.15, -0.1) is 0 Å². The third-order valence-corrected chi connectivity index (χ3v) is 2.64. The lowest BCUT2D eigenvalue weighted by atomic mass is 9.93. The fourth-order valence-corrected chi connectivity index (χ4v) is 1.91. The van der Waals surface area contributed by atoms with Gasteiger partial charge in [-0.05, 0) is 12.8 Å². The number of aliphatic hydroxyl groups is 1. The molecule has 1 N–H and O–H groups in total. The van der Waals surface area contributed by atoms with E-state index in [0.717, 1.165) is 6.42 Å². The van der Waals surface area contributed by atoms with Gasteiger partial charge >= 0.3 is 0 Å². The van der Waals surface area contributed by atoms with E-state index in [2.05, 4.69) is 4.90 Å². The number of aliphatic hydroxyl groups excluding tert-OH is 1. The van der Waals surface area contributed by atoms with Gasteiger partial charge in [-0.3, -0.25) is 4.90 Å². The van der Waals surface area contributed by atoms with Gasteiger partial charge < -0.3 is 5.11 Å². The molecule has 58 valence electrons. The maximum absolute atomic E-state index is 9.54. The number of nitrogens with zero attached hydrogens (tertiary/aromatic N) is 1. The third kappa shape index (κ3) is 1.18. The zero-order valence-corrected chi connectivity index (χ0v) is 6.29. The minimum absolute atomic E-state index is 0.0174. The predicted octanol–water partition coefficient (Wildman–Crippen LogP) is 0.605. The molecule has 1 saturated heterocycles. The molecule has 0 unspecified atom stereocenters. The van der Waals surface area contributed by atoms with Crippen molar-refractivity contribution in [1.29, 1.82) is 0 Å². The molecule has 0 aromatic heterocycles. The van der Waals surface area contributed by atoms with Crippen molar-refractivity contribution in [2.45, 2.75) is 37.8 Å².